The van der Waals surface area contributed by atoms with Crippen molar-refractivity contribution in [1.82, 2.24) is 10.6 Å². The molecule has 6 nitrogen and oxygen atoms in total. The van der Waals surface area contributed by atoms with E-state index in [1.807, 2.05) is 6.07 Å². The van der Waals surface area contributed by atoms with Gasteiger partial charge in [0.2, 0.25) is 0 Å². The van der Waals surface area contributed by atoms with Crippen molar-refractivity contribution in [3.05, 3.63) is 28.7 Å². The van der Waals surface area contributed by atoms with Crippen LogP contribution in [0.1, 0.15) is 13.3 Å². The third-order valence-corrected chi connectivity index (χ3v) is 4.67. The van der Waals surface area contributed by atoms with Crippen LogP contribution in [-0.2, 0) is 9.47 Å². The molecule has 0 spiro atoms. The number of anilines is 1. The van der Waals surface area contributed by atoms with Crippen LogP contribution in [0, 0.1) is 0 Å². The summed E-state index contributed by atoms with van der Waals surface area (Å²) in [5, 5.41) is 6.85. The molecule has 1 fully saturated rings. The number of hydrogen-bond donors (Lipinski definition) is 2. The van der Waals surface area contributed by atoms with Crippen LogP contribution < -0.4 is 15.5 Å². The van der Waals surface area contributed by atoms with E-state index in [0.717, 1.165) is 36.5 Å². The van der Waals surface area contributed by atoms with Crippen LogP contribution >= 0.6 is 15.9 Å². The van der Waals surface area contributed by atoms with Crippen molar-refractivity contribution in [3.8, 4) is 0 Å². The molecule has 0 saturated carbocycles. The zero-order valence-electron chi connectivity index (χ0n) is 15.1. The van der Waals surface area contributed by atoms with Crippen LogP contribution in [0.25, 0.3) is 0 Å². The molecule has 0 radical (unpaired) electrons. The first-order chi connectivity index (χ1) is 12.2. The predicted octanol–water partition coefficient (Wildman–Crippen LogP) is 2.25. The molecule has 1 heterocycles. The number of para-hydroxylation sites is 1. The lowest BCUT2D eigenvalue weighted by atomic mass is 10.3. The average Bonchev–Trinajstić information content (AvgIpc) is 3.07. The second kappa shape index (κ2) is 11.3. The first-order valence-electron chi connectivity index (χ1n) is 8.85. The summed E-state index contributed by atoms with van der Waals surface area (Å²) in [5.41, 5.74) is 1.25. The van der Waals surface area contributed by atoms with Gasteiger partial charge < -0.3 is 25.0 Å². The molecule has 7 heteroatoms. The number of benzene rings is 1. The summed E-state index contributed by atoms with van der Waals surface area (Å²) in [6.45, 7) is 7.41. The zero-order chi connectivity index (χ0) is 17.9. The maximum absolute atomic E-state index is 5.46. The van der Waals surface area contributed by atoms with Crippen LogP contribution in [0.5, 0.6) is 0 Å². The molecule has 1 aromatic carbocycles. The summed E-state index contributed by atoms with van der Waals surface area (Å²) in [6, 6.07) is 8.76. The molecule has 1 aliphatic heterocycles. The molecule has 1 saturated heterocycles. The molecule has 25 heavy (non-hydrogen) atoms. The van der Waals surface area contributed by atoms with Crippen LogP contribution in [0.2, 0.25) is 0 Å². The third-order valence-electron chi connectivity index (χ3n) is 4.00. The Labute approximate surface area is 159 Å². The minimum atomic E-state index is 0.388. The number of hydrogen-bond acceptors (Lipinski definition) is 4. The van der Waals surface area contributed by atoms with Gasteiger partial charge in [-0.25, -0.2) is 0 Å². The highest BCUT2D eigenvalue weighted by Crippen LogP contribution is 2.28. The summed E-state index contributed by atoms with van der Waals surface area (Å²) in [5.74, 6) is 0.858. The van der Waals surface area contributed by atoms with E-state index in [9.17, 15) is 0 Å². The number of guanidine groups is 1. The van der Waals surface area contributed by atoms with Crippen LogP contribution in [0.15, 0.2) is 33.7 Å². The van der Waals surface area contributed by atoms with Gasteiger partial charge in [-0.2, -0.15) is 0 Å². The Bertz CT molecular complexity index is 542. The number of nitrogens with one attached hydrogen (secondary N) is 2. The van der Waals surface area contributed by atoms with Gasteiger partial charge in [0.15, 0.2) is 5.96 Å². The highest BCUT2D eigenvalue weighted by atomic mass is 79.9. The van der Waals surface area contributed by atoms with Crippen LogP contribution in [-0.4, -0.2) is 65.1 Å². The fourth-order valence-electron chi connectivity index (χ4n) is 2.78. The minimum absolute atomic E-state index is 0.388. The van der Waals surface area contributed by atoms with Gasteiger partial charge in [0.25, 0.3) is 0 Å². The van der Waals surface area contributed by atoms with Crippen LogP contribution in [0.3, 0.4) is 0 Å². The van der Waals surface area contributed by atoms with E-state index < -0.39 is 0 Å². The molecule has 2 rings (SSSR count). The molecule has 0 aliphatic carbocycles. The topological polar surface area (TPSA) is 58.1 Å². The Morgan fingerprint density at radius 1 is 1.32 bits per heavy atom. The molecular formula is C18H29BrN4O2. The minimum Gasteiger partial charge on any atom is -0.382 e. The van der Waals surface area contributed by atoms with E-state index in [1.165, 1.54) is 5.69 Å². The molecule has 2 N–H and O–H groups in total. The van der Waals surface area contributed by atoms with Gasteiger partial charge in [-0.15, -0.1) is 0 Å². The van der Waals surface area contributed by atoms with Gasteiger partial charge in [-0.05, 0) is 41.4 Å². The standard InChI is InChI=1S/C18H29BrN4O2/c1-3-20-18(21-9-11-25-13-12-24-2)22-15-8-10-23(14-15)17-7-5-4-6-16(17)19/h4-7,15H,3,8-14H2,1-2H3,(H2,20,21,22). The van der Waals surface area contributed by atoms with Gasteiger partial charge in [0.1, 0.15) is 0 Å². The second-order valence-corrected chi connectivity index (χ2v) is 6.75. The Morgan fingerprint density at radius 2 is 2.16 bits per heavy atom. The van der Waals surface area contributed by atoms with E-state index in [2.05, 4.69) is 61.6 Å². The smallest absolute Gasteiger partial charge is 0.191 e. The maximum atomic E-state index is 5.46. The van der Waals surface area contributed by atoms with Crippen molar-refractivity contribution >= 4 is 27.6 Å². The number of aliphatic imine (C=N–C) groups is 1. The Morgan fingerprint density at radius 3 is 2.92 bits per heavy atom. The lowest BCUT2D eigenvalue weighted by Gasteiger charge is -2.21. The van der Waals surface area contributed by atoms with Gasteiger partial charge >= 0.3 is 0 Å². The van der Waals surface area contributed by atoms with E-state index in [1.54, 1.807) is 7.11 Å². The Balaban J connectivity index is 1.80. The van der Waals surface area contributed by atoms with E-state index in [-0.39, 0.29) is 0 Å². The Kier molecular flexibility index (Phi) is 9.07. The maximum Gasteiger partial charge on any atom is 0.191 e. The number of nitrogens with zero attached hydrogens (tertiary/aromatic N) is 2. The van der Waals surface area contributed by atoms with Gasteiger partial charge in [-0.3, -0.25) is 4.99 Å². The Hall–Kier alpha value is -1.31. The molecule has 0 amide bonds. The van der Waals surface area contributed by atoms with Gasteiger partial charge in [-0.1, -0.05) is 12.1 Å². The molecule has 140 valence electrons. The summed E-state index contributed by atoms with van der Waals surface area (Å²) in [4.78, 5) is 6.99. The van der Waals surface area contributed by atoms with E-state index >= 15 is 0 Å². The quantitative estimate of drug-likeness (QED) is 0.370. The largest absolute Gasteiger partial charge is 0.382 e. The average molecular weight is 413 g/mol. The first kappa shape index (κ1) is 20.0. The summed E-state index contributed by atoms with van der Waals surface area (Å²) in [6.07, 6.45) is 1.09. The lowest BCUT2D eigenvalue weighted by Crippen LogP contribution is -2.44. The predicted molar refractivity (Wildman–Crippen MR) is 107 cm³/mol. The number of rotatable bonds is 9. The van der Waals surface area contributed by atoms with Crippen molar-refractivity contribution in [2.75, 3.05) is 58.0 Å². The zero-order valence-corrected chi connectivity index (χ0v) is 16.7. The molecule has 1 aromatic rings. The molecule has 1 unspecified atom stereocenters. The molecule has 1 atom stereocenters. The van der Waals surface area contributed by atoms with Crippen molar-refractivity contribution in [2.24, 2.45) is 4.99 Å². The number of halogens is 1. The van der Waals surface area contributed by atoms with E-state index in [4.69, 9.17) is 9.47 Å². The van der Waals surface area contributed by atoms with Crippen molar-refractivity contribution in [1.29, 1.82) is 0 Å². The van der Waals surface area contributed by atoms with Gasteiger partial charge in [0.05, 0.1) is 32.1 Å². The van der Waals surface area contributed by atoms with Gasteiger partial charge in [0, 0.05) is 37.3 Å². The first-order valence-corrected chi connectivity index (χ1v) is 9.65. The monoisotopic (exact) mass is 412 g/mol. The normalized spacial score (nSPS) is 17.8. The molecule has 0 bridgehead atoms. The second-order valence-electron chi connectivity index (χ2n) is 5.89. The summed E-state index contributed by atoms with van der Waals surface area (Å²) >= 11 is 3.64. The number of ether oxygens (including phenoxy) is 2. The highest BCUT2D eigenvalue weighted by Gasteiger charge is 2.24. The van der Waals surface area contributed by atoms with Crippen LogP contribution in [0.4, 0.5) is 5.69 Å². The van der Waals surface area contributed by atoms with E-state index in [0.29, 0.717) is 32.4 Å². The lowest BCUT2D eigenvalue weighted by molar-refractivity contribution is 0.0748. The summed E-state index contributed by atoms with van der Waals surface area (Å²) < 4.78 is 11.6. The molecular weight excluding hydrogens is 384 g/mol. The number of methoxy groups -OCH3 is 1. The SMILES string of the molecule is CCNC(=NCCOCCOC)NC1CCN(c2ccccc2Br)C1. The van der Waals surface area contributed by atoms with Crippen molar-refractivity contribution < 1.29 is 9.47 Å². The summed E-state index contributed by atoms with van der Waals surface area (Å²) in [7, 11) is 1.67. The molecule has 0 aromatic heterocycles. The van der Waals surface area contributed by atoms with Crippen molar-refractivity contribution in [3.63, 3.8) is 0 Å². The third kappa shape index (κ3) is 6.84. The fraction of sp³-hybridized carbons (Fsp3) is 0.611. The highest BCUT2D eigenvalue weighted by molar-refractivity contribution is 9.10. The van der Waals surface area contributed by atoms with Crippen molar-refractivity contribution in [2.45, 2.75) is 19.4 Å². The molecule has 1 aliphatic rings. The fourth-order valence-corrected chi connectivity index (χ4v) is 3.32.